The third kappa shape index (κ3) is 4.49. The van der Waals surface area contributed by atoms with Crippen molar-refractivity contribution in [1.82, 2.24) is 20.2 Å². The van der Waals surface area contributed by atoms with Crippen LogP contribution in [0.2, 0.25) is 0 Å². The molecule has 2 aromatic heterocycles. The molecule has 5 nitrogen and oxygen atoms in total. The van der Waals surface area contributed by atoms with Crippen molar-refractivity contribution < 1.29 is 4.39 Å². The Balaban J connectivity index is 1.55. The average Bonchev–Trinajstić information content (AvgIpc) is 3.30. The molecule has 0 bridgehead atoms. The summed E-state index contributed by atoms with van der Waals surface area (Å²) in [6.45, 7) is 3.15. The second-order valence-corrected chi connectivity index (χ2v) is 6.84. The van der Waals surface area contributed by atoms with E-state index in [1.165, 1.54) is 4.88 Å². The predicted molar refractivity (Wildman–Crippen MR) is 104 cm³/mol. The van der Waals surface area contributed by atoms with Gasteiger partial charge in [-0.05, 0) is 42.5 Å². The fourth-order valence-corrected chi connectivity index (χ4v) is 3.36. The van der Waals surface area contributed by atoms with Crippen LogP contribution in [0.3, 0.4) is 0 Å². The van der Waals surface area contributed by atoms with Crippen LogP contribution >= 0.6 is 11.3 Å². The Labute approximate surface area is 156 Å². The number of guanidine groups is 1. The van der Waals surface area contributed by atoms with Gasteiger partial charge in [-0.15, -0.1) is 11.3 Å². The molecule has 136 valence electrons. The molecule has 0 saturated heterocycles. The maximum Gasteiger partial charge on any atom is 0.191 e. The zero-order chi connectivity index (χ0) is 18.4. The van der Waals surface area contributed by atoms with E-state index in [4.69, 9.17) is 0 Å². The summed E-state index contributed by atoms with van der Waals surface area (Å²) in [6, 6.07) is 9.39. The van der Waals surface area contributed by atoms with Crippen LogP contribution in [-0.4, -0.2) is 29.1 Å². The van der Waals surface area contributed by atoms with E-state index < -0.39 is 0 Å². The summed E-state index contributed by atoms with van der Waals surface area (Å²) in [4.78, 5) is 9.67. The van der Waals surface area contributed by atoms with E-state index in [2.05, 4.69) is 38.1 Å². The predicted octanol–water partition coefficient (Wildman–Crippen LogP) is 3.29. The van der Waals surface area contributed by atoms with E-state index in [1.807, 2.05) is 13.0 Å². The molecule has 26 heavy (non-hydrogen) atoms. The summed E-state index contributed by atoms with van der Waals surface area (Å²) in [5.74, 6) is 1.19. The number of halogens is 1. The van der Waals surface area contributed by atoms with Crippen molar-refractivity contribution in [2.45, 2.75) is 19.9 Å². The first-order valence-electron chi connectivity index (χ1n) is 8.43. The second kappa shape index (κ2) is 8.62. The number of rotatable bonds is 6. The lowest BCUT2D eigenvalue weighted by Gasteiger charge is -2.13. The Morgan fingerprint density at radius 2 is 2.19 bits per heavy atom. The van der Waals surface area contributed by atoms with Crippen molar-refractivity contribution in [3.8, 4) is 5.69 Å². The number of aliphatic imine (C=N–C) groups is 1. The van der Waals surface area contributed by atoms with Gasteiger partial charge >= 0.3 is 0 Å². The Kier molecular flexibility index (Phi) is 6.01. The van der Waals surface area contributed by atoms with Gasteiger partial charge in [0, 0.05) is 37.4 Å². The van der Waals surface area contributed by atoms with Gasteiger partial charge in [-0.2, -0.15) is 0 Å². The highest BCUT2D eigenvalue weighted by atomic mass is 32.1. The molecule has 0 aliphatic heterocycles. The number of hydrogen-bond donors (Lipinski definition) is 2. The minimum atomic E-state index is -0.272. The van der Waals surface area contributed by atoms with Crippen molar-refractivity contribution in [3.05, 3.63) is 70.2 Å². The van der Waals surface area contributed by atoms with Gasteiger partial charge < -0.3 is 15.2 Å². The molecular weight excluding hydrogens is 349 g/mol. The monoisotopic (exact) mass is 371 g/mol. The lowest BCUT2D eigenvalue weighted by Crippen LogP contribution is -2.37. The van der Waals surface area contributed by atoms with Gasteiger partial charge in [0.25, 0.3) is 0 Å². The molecule has 0 spiro atoms. The van der Waals surface area contributed by atoms with E-state index in [0.29, 0.717) is 18.2 Å². The van der Waals surface area contributed by atoms with Gasteiger partial charge in [0.05, 0.1) is 5.69 Å². The Bertz CT molecular complexity index is 870. The normalized spacial score (nSPS) is 11.6. The number of imidazole rings is 1. The summed E-state index contributed by atoms with van der Waals surface area (Å²) in [5, 5.41) is 8.56. The molecule has 0 saturated carbocycles. The van der Waals surface area contributed by atoms with E-state index in [1.54, 1.807) is 47.5 Å². The number of aryl methyl sites for hydroxylation is 1. The highest BCUT2D eigenvalue weighted by Crippen LogP contribution is 2.16. The first kappa shape index (κ1) is 18.1. The third-order valence-electron chi connectivity index (χ3n) is 4.02. The molecule has 0 radical (unpaired) electrons. The molecule has 2 N–H and O–H groups in total. The summed E-state index contributed by atoms with van der Waals surface area (Å²) in [5.41, 5.74) is 1.35. The highest BCUT2D eigenvalue weighted by Gasteiger charge is 2.08. The topological polar surface area (TPSA) is 54.2 Å². The van der Waals surface area contributed by atoms with Crippen LogP contribution in [0.4, 0.5) is 4.39 Å². The van der Waals surface area contributed by atoms with Crippen molar-refractivity contribution in [3.63, 3.8) is 0 Å². The van der Waals surface area contributed by atoms with Gasteiger partial charge in [0.1, 0.15) is 11.6 Å². The van der Waals surface area contributed by atoms with Crippen molar-refractivity contribution in [2.75, 3.05) is 13.6 Å². The molecule has 1 aromatic carbocycles. The van der Waals surface area contributed by atoms with Crippen LogP contribution in [0.25, 0.3) is 5.69 Å². The Hall–Kier alpha value is -2.67. The highest BCUT2D eigenvalue weighted by molar-refractivity contribution is 7.09. The molecular formula is C19H22FN5S. The molecule has 0 aliphatic rings. The largest absolute Gasteiger partial charge is 0.356 e. The molecule has 3 rings (SSSR count). The fourth-order valence-electron chi connectivity index (χ4n) is 2.65. The molecule has 7 heteroatoms. The maximum absolute atomic E-state index is 14.4. The summed E-state index contributed by atoms with van der Waals surface area (Å²) in [7, 11) is 1.73. The molecule has 2 heterocycles. The van der Waals surface area contributed by atoms with E-state index >= 15 is 0 Å². The first-order chi connectivity index (χ1) is 12.7. The van der Waals surface area contributed by atoms with Gasteiger partial charge in [0.15, 0.2) is 5.96 Å². The molecule has 0 aliphatic carbocycles. The summed E-state index contributed by atoms with van der Waals surface area (Å²) >= 11 is 1.75. The van der Waals surface area contributed by atoms with Crippen LogP contribution in [0.15, 0.2) is 53.1 Å². The minimum absolute atomic E-state index is 0.272. The zero-order valence-electron chi connectivity index (χ0n) is 14.9. The van der Waals surface area contributed by atoms with Crippen molar-refractivity contribution in [1.29, 1.82) is 0 Å². The smallest absolute Gasteiger partial charge is 0.191 e. The minimum Gasteiger partial charge on any atom is -0.356 e. The van der Waals surface area contributed by atoms with Gasteiger partial charge in [0.2, 0.25) is 0 Å². The SMILES string of the molecule is CN=C(NCCc1cccs1)NCc1ccc(-n2ccnc2C)c(F)c1. The number of nitrogens with one attached hydrogen (secondary N) is 2. The average molecular weight is 371 g/mol. The number of hydrogen-bond acceptors (Lipinski definition) is 3. The summed E-state index contributed by atoms with van der Waals surface area (Å²) < 4.78 is 16.2. The number of nitrogens with zero attached hydrogens (tertiary/aromatic N) is 3. The standard InChI is InChI=1S/C19H22FN5S/c1-14-22-9-10-25(14)18-6-5-15(12-17(18)20)13-24-19(21-2)23-8-7-16-4-3-11-26-16/h3-6,9-12H,7-8,13H2,1-2H3,(H2,21,23,24). The van der Waals surface area contributed by atoms with Crippen molar-refractivity contribution >= 4 is 17.3 Å². The zero-order valence-corrected chi connectivity index (χ0v) is 15.7. The Morgan fingerprint density at radius 3 is 2.85 bits per heavy atom. The Morgan fingerprint density at radius 1 is 1.31 bits per heavy atom. The second-order valence-electron chi connectivity index (χ2n) is 5.81. The van der Waals surface area contributed by atoms with Crippen LogP contribution in [0.1, 0.15) is 16.3 Å². The van der Waals surface area contributed by atoms with Gasteiger partial charge in [-0.25, -0.2) is 9.37 Å². The molecule has 0 amide bonds. The first-order valence-corrected chi connectivity index (χ1v) is 9.31. The molecule has 0 fully saturated rings. The lowest BCUT2D eigenvalue weighted by atomic mass is 10.2. The number of thiophene rings is 1. The lowest BCUT2D eigenvalue weighted by molar-refractivity contribution is 0.613. The van der Waals surface area contributed by atoms with Crippen LogP contribution < -0.4 is 10.6 Å². The quantitative estimate of drug-likeness (QED) is 0.516. The van der Waals surface area contributed by atoms with Crippen LogP contribution in [-0.2, 0) is 13.0 Å². The van der Waals surface area contributed by atoms with E-state index in [9.17, 15) is 4.39 Å². The van der Waals surface area contributed by atoms with Gasteiger partial charge in [-0.3, -0.25) is 4.99 Å². The molecule has 3 aromatic rings. The maximum atomic E-state index is 14.4. The molecule has 0 unspecified atom stereocenters. The fraction of sp³-hybridized carbons (Fsp3) is 0.263. The summed E-state index contributed by atoms with van der Waals surface area (Å²) in [6.07, 6.45) is 4.37. The van der Waals surface area contributed by atoms with Crippen LogP contribution in [0, 0.1) is 12.7 Å². The van der Waals surface area contributed by atoms with Crippen molar-refractivity contribution in [2.24, 2.45) is 4.99 Å². The van der Waals surface area contributed by atoms with Gasteiger partial charge in [-0.1, -0.05) is 12.1 Å². The molecule has 0 atom stereocenters. The van der Waals surface area contributed by atoms with Crippen LogP contribution in [0.5, 0.6) is 0 Å². The van der Waals surface area contributed by atoms with E-state index in [0.717, 1.165) is 24.4 Å². The number of aromatic nitrogens is 2. The number of benzene rings is 1. The third-order valence-corrected chi connectivity index (χ3v) is 4.96. The van der Waals surface area contributed by atoms with E-state index in [-0.39, 0.29) is 5.82 Å².